The van der Waals surface area contributed by atoms with E-state index in [2.05, 4.69) is 4.99 Å². The number of hydroxylamine groups is 1. The summed E-state index contributed by atoms with van der Waals surface area (Å²) in [6.45, 7) is 1.84. The lowest BCUT2D eigenvalue weighted by Crippen LogP contribution is -2.29. The van der Waals surface area contributed by atoms with Crippen molar-refractivity contribution in [1.29, 1.82) is 0 Å². The van der Waals surface area contributed by atoms with E-state index >= 15 is 0 Å². The second kappa shape index (κ2) is 6.44. The SMILES string of the molecule is CC1=NC(c2ccccc2)[N+](O)=C1C(=O)OCc1ccccc1. The number of carbonyl (C=O) groups is 1. The van der Waals surface area contributed by atoms with E-state index in [1.165, 1.54) is 0 Å². The Kier molecular flexibility index (Phi) is 4.19. The molecule has 0 bridgehead atoms. The maximum absolute atomic E-state index is 12.3. The third kappa shape index (κ3) is 3.13. The number of ether oxygens (including phenoxy) is 1. The van der Waals surface area contributed by atoms with E-state index in [0.717, 1.165) is 15.9 Å². The normalized spacial score (nSPS) is 17.1. The Morgan fingerprint density at radius 1 is 1.13 bits per heavy atom. The minimum absolute atomic E-state index is 0.0785. The molecule has 2 aromatic rings. The van der Waals surface area contributed by atoms with Crippen LogP contribution in [-0.4, -0.2) is 27.3 Å². The molecule has 2 aromatic carbocycles. The molecule has 5 nitrogen and oxygen atoms in total. The molecule has 0 aromatic heterocycles. The fraction of sp³-hybridized carbons (Fsp3) is 0.167. The van der Waals surface area contributed by atoms with Crippen LogP contribution < -0.4 is 0 Å². The molecular formula is C18H17N2O3+. The molecule has 3 rings (SSSR count). The summed E-state index contributed by atoms with van der Waals surface area (Å²) in [5, 5.41) is 10.3. The van der Waals surface area contributed by atoms with E-state index in [-0.39, 0.29) is 12.3 Å². The Morgan fingerprint density at radius 2 is 1.74 bits per heavy atom. The Bertz CT molecular complexity index is 767. The van der Waals surface area contributed by atoms with Gasteiger partial charge in [-0.3, -0.25) is 5.21 Å². The zero-order valence-electron chi connectivity index (χ0n) is 12.7. The Balaban J connectivity index is 1.77. The number of esters is 1. The predicted octanol–water partition coefficient (Wildman–Crippen LogP) is 2.75. The first-order valence-corrected chi connectivity index (χ1v) is 7.32. The van der Waals surface area contributed by atoms with E-state index in [0.29, 0.717) is 5.71 Å². The Morgan fingerprint density at radius 3 is 2.39 bits per heavy atom. The maximum atomic E-state index is 12.3. The highest BCUT2D eigenvalue weighted by Crippen LogP contribution is 2.22. The number of hydrogen-bond acceptors (Lipinski definition) is 4. The van der Waals surface area contributed by atoms with E-state index in [9.17, 15) is 10.0 Å². The van der Waals surface area contributed by atoms with Crippen molar-refractivity contribution in [2.45, 2.75) is 19.7 Å². The summed E-state index contributed by atoms with van der Waals surface area (Å²) in [6, 6.07) is 18.7. The smallest absolute Gasteiger partial charge is 0.410 e. The van der Waals surface area contributed by atoms with Crippen LogP contribution in [0.15, 0.2) is 65.7 Å². The summed E-state index contributed by atoms with van der Waals surface area (Å²) < 4.78 is 6.15. The van der Waals surface area contributed by atoms with E-state index in [1.54, 1.807) is 6.92 Å². The maximum Gasteiger partial charge on any atom is 0.410 e. The van der Waals surface area contributed by atoms with Crippen LogP contribution in [0.25, 0.3) is 0 Å². The first kappa shape index (κ1) is 15.0. The van der Waals surface area contributed by atoms with Gasteiger partial charge in [-0.05, 0) is 12.5 Å². The minimum Gasteiger partial charge on any atom is -0.453 e. The molecule has 1 N–H and O–H groups in total. The van der Waals surface area contributed by atoms with E-state index < -0.39 is 12.1 Å². The van der Waals surface area contributed by atoms with Crippen LogP contribution in [-0.2, 0) is 16.1 Å². The third-order valence-corrected chi connectivity index (χ3v) is 3.62. The molecule has 0 amide bonds. The van der Waals surface area contributed by atoms with Gasteiger partial charge in [0.25, 0.3) is 0 Å². The highest BCUT2D eigenvalue weighted by molar-refractivity contribution is 6.63. The quantitative estimate of drug-likeness (QED) is 0.536. The second-order valence-electron chi connectivity index (χ2n) is 5.25. The van der Waals surface area contributed by atoms with Crippen molar-refractivity contribution in [1.82, 2.24) is 0 Å². The molecule has 1 aliphatic rings. The lowest BCUT2D eigenvalue weighted by Gasteiger charge is -2.03. The van der Waals surface area contributed by atoms with Gasteiger partial charge in [0.15, 0.2) is 0 Å². The lowest BCUT2D eigenvalue weighted by atomic mass is 10.2. The first-order valence-electron chi connectivity index (χ1n) is 7.32. The monoisotopic (exact) mass is 309 g/mol. The average Bonchev–Trinajstić information content (AvgIpc) is 2.89. The molecule has 0 saturated carbocycles. The van der Waals surface area contributed by atoms with Crippen molar-refractivity contribution in [3.05, 3.63) is 71.8 Å². The number of rotatable bonds is 4. The molecular weight excluding hydrogens is 292 g/mol. The summed E-state index contributed by atoms with van der Waals surface area (Å²) in [7, 11) is 0. The van der Waals surface area contributed by atoms with Gasteiger partial charge in [0, 0.05) is 10.3 Å². The third-order valence-electron chi connectivity index (χ3n) is 3.62. The first-order chi connectivity index (χ1) is 11.2. The highest BCUT2D eigenvalue weighted by atomic mass is 16.5. The van der Waals surface area contributed by atoms with E-state index in [4.69, 9.17) is 4.74 Å². The van der Waals surface area contributed by atoms with Crippen molar-refractivity contribution in [3.8, 4) is 0 Å². The van der Waals surface area contributed by atoms with Crippen molar-refractivity contribution in [2.75, 3.05) is 0 Å². The molecule has 1 aliphatic heterocycles. The predicted molar refractivity (Wildman–Crippen MR) is 85.6 cm³/mol. The number of benzene rings is 2. The molecule has 0 fully saturated rings. The molecule has 23 heavy (non-hydrogen) atoms. The summed E-state index contributed by atoms with van der Waals surface area (Å²) in [4.78, 5) is 16.6. The fourth-order valence-corrected chi connectivity index (χ4v) is 2.46. The topological polar surface area (TPSA) is 61.9 Å². The number of nitrogens with zero attached hydrogens (tertiary/aromatic N) is 2. The molecule has 116 valence electrons. The highest BCUT2D eigenvalue weighted by Gasteiger charge is 2.41. The van der Waals surface area contributed by atoms with Crippen molar-refractivity contribution in [3.63, 3.8) is 0 Å². The van der Waals surface area contributed by atoms with Crippen LogP contribution in [0.3, 0.4) is 0 Å². The van der Waals surface area contributed by atoms with Gasteiger partial charge in [-0.15, -0.1) is 0 Å². The number of aliphatic imine (C=N–C) groups is 1. The molecule has 0 saturated heterocycles. The van der Waals surface area contributed by atoms with Crippen LogP contribution in [0.2, 0.25) is 0 Å². The number of carbonyl (C=O) groups excluding carboxylic acids is 1. The van der Waals surface area contributed by atoms with Crippen LogP contribution >= 0.6 is 0 Å². The fourth-order valence-electron chi connectivity index (χ4n) is 2.46. The number of hydrogen-bond donors (Lipinski definition) is 1. The summed E-state index contributed by atoms with van der Waals surface area (Å²) in [5.74, 6) is -0.587. The zero-order valence-corrected chi connectivity index (χ0v) is 12.7. The molecule has 0 spiro atoms. The van der Waals surface area contributed by atoms with Crippen molar-refractivity contribution in [2.24, 2.45) is 4.99 Å². The van der Waals surface area contributed by atoms with Crippen molar-refractivity contribution < 1.29 is 19.5 Å². The van der Waals surface area contributed by atoms with Gasteiger partial charge < -0.3 is 4.74 Å². The van der Waals surface area contributed by atoms with E-state index in [1.807, 2.05) is 60.7 Å². The second-order valence-corrected chi connectivity index (χ2v) is 5.25. The van der Waals surface area contributed by atoms with Gasteiger partial charge in [0.05, 0.1) is 0 Å². The van der Waals surface area contributed by atoms with Gasteiger partial charge in [0.1, 0.15) is 12.3 Å². The van der Waals surface area contributed by atoms with Gasteiger partial charge in [-0.2, -0.15) is 0 Å². The molecule has 0 radical (unpaired) electrons. The van der Waals surface area contributed by atoms with Gasteiger partial charge in [-0.1, -0.05) is 60.7 Å². The van der Waals surface area contributed by atoms with Gasteiger partial charge >= 0.3 is 17.8 Å². The van der Waals surface area contributed by atoms with Crippen LogP contribution in [0.4, 0.5) is 0 Å². The van der Waals surface area contributed by atoms with Crippen molar-refractivity contribution >= 4 is 17.4 Å². The molecule has 1 atom stereocenters. The Labute approximate surface area is 134 Å². The van der Waals surface area contributed by atoms with Gasteiger partial charge in [0.2, 0.25) is 0 Å². The molecule has 1 heterocycles. The summed E-state index contributed by atoms with van der Waals surface area (Å²) >= 11 is 0. The summed E-state index contributed by atoms with van der Waals surface area (Å²) in [5.41, 5.74) is 2.23. The molecule has 5 heteroatoms. The zero-order chi connectivity index (χ0) is 16.2. The largest absolute Gasteiger partial charge is 0.453 e. The van der Waals surface area contributed by atoms with Crippen LogP contribution in [0.5, 0.6) is 0 Å². The summed E-state index contributed by atoms with van der Waals surface area (Å²) in [6.07, 6.45) is -0.615. The van der Waals surface area contributed by atoms with Crippen LogP contribution in [0.1, 0.15) is 24.2 Å². The molecule has 1 unspecified atom stereocenters. The lowest BCUT2D eigenvalue weighted by molar-refractivity contribution is -0.799. The molecule has 0 aliphatic carbocycles. The average molecular weight is 309 g/mol. The van der Waals surface area contributed by atoms with Crippen LogP contribution in [0, 0.1) is 0 Å². The standard InChI is InChI=1S/C18H17N2O3/c1-13-16(18(21)23-12-14-8-4-2-5-9-14)20(22)17(19-13)15-10-6-3-7-11-15/h2-11,17,22H,12H2,1H3/q+1. The minimum atomic E-state index is -0.615. The Hall–Kier alpha value is -2.95. The van der Waals surface area contributed by atoms with Gasteiger partial charge in [-0.25, -0.2) is 9.79 Å².